The molecule has 2 fully saturated rings. The minimum Gasteiger partial charge on any atom is -0.354 e. The van der Waals surface area contributed by atoms with E-state index in [0.717, 1.165) is 32.4 Å². The van der Waals surface area contributed by atoms with Crippen molar-refractivity contribution in [2.24, 2.45) is 11.1 Å². The van der Waals surface area contributed by atoms with Crippen LogP contribution in [-0.4, -0.2) is 43.0 Å². The molecule has 3 unspecified atom stereocenters. The predicted octanol–water partition coefficient (Wildman–Crippen LogP) is 1.10. The van der Waals surface area contributed by atoms with Crippen molar-refractivity contribution >= 4 is 5.91 Å². The highest BCUT2D eigenvalue weighted by molar-refractivity contribution is 5.83. The Labute approximate surface area is 110 Å². The van der Waals surface area contributed by atoms with Crippen LogP contribution in [0.15, 0.2) is 0 Å². The molecule has 0 aromatic heterocycles. The lowest BCUT2D eigenvalue weighted by Gasteiger charge is -2.34. The first kappa shape index (κ1) is 13.8. The monoisotopic (exact) mass is 253 g/mol. The second-order valence-corrected chi connectivity index (χ2v) is 6.26. The van der Waals surface area contributed by atoms with Gasteiger partial charge in [-0.2, -0.15) is 0 Å². The molecule has 0 aromatic rings. The Hall–Kier alpha value is -0.610. The van der Waals surface area contributed by atoms with E-state index >= 15 is 0 Å². The Morgan fingerprint density at radius 1 is 1.39 bits per heavy atom. The van der Waals surface area contributed by atoms with Gasteiger partial charge < -0.3 is 16.0 Å². The van der Waals surface area contributed by atoms with Gasteiger partial charge in [0, 0.05) is 18.6 Å². The summed E-state index contributed by atoms with van der Waals surface area (Å²) in [4.78, 5) is 14.7. The summed E-state index contributed by atoms with van der Waals surface area (Å²) in [7, 11) is 2.15. The lowest BCUT2D eigenvalue weighted by molar-refractivity contribution is -0.130. The molecule has 4 nitrogen and oxygen atoms in total. The molecule has 0 spiro atoms. The fourth-order valence-electron chi connectivity index (χ4n) is 3.29. The van der Waals surface area contributed by atoms with Crippen molar-refractivity contribution in [3.63, 3.8) is 0 Å². The van der Waals surface area contributed by atoms with E-state index in [2.05, 4.69) is 17.3 Å². The van der Waals surface area contributed by atoms with Crippen molar-refractivity contribution in [1.82, 2.24) is 10.2 Å². The average Bonchev–Trinajstić information content (AvgIpc) is 2.69. The Balaban J connectivity index is 1.84. The maximum atomic E-state index is 12.3. The van der Waals surface area contributed by atoms with Crippen LogP contribution >= 0.6 is 0 Å². The highest BCUT2D eigenvalue weighted by Gasteiger charge is 2.42. The van der Waals surface area contributed by atoms with Crippen molar-refractivity contribution in [1.29, 1.82) is 0 Å². The van der Waals surface area contributed by atoms with Crippen LogP contribution in [0.4, 0.5) is 0 Å². The van der Waals surface area contributed by atoms with Crippen LogP contribution in [0.1, 0.15) is 45.4 Å². The van der Waals surface area contributed by atoms with E-state index < -0.39 is 0 Å². The third-order valence-electron chi connectivity index (χ3n) is 4.97. The number of hydrogen-bond donors (Lipinski definition) is 2. The number of nitrogens with two attached hydrogens (primary N) is 1. The maximum Gasteiger partial charge on any atom is 0.227 e. The molecule has 0 radical (unpaired) electrons. The zero-order valence-electron chi connectivity index (χ0n) is 11.7. The number of nitrogens with one attached hydrogen (secondary N) is 1. The molecular weight excluding hydrogens is 226 g/mol. The second-order valence-electron chi connectivity index (χ2n) is 6.26. The number of hydrogen-bond acceptors (Lipinski definition) is 3. The summed E-state index contributed by atoms with van der Waals surface area (Å²) in [6, 6.07) is 0.533. The van der Waals surface area contributed by atoms with E-state index in [1.807, 2.05) is 6.92 Å². The summed E-state index contributed by atoms with van der Waals surface area (Å²) in [6.07, 6.45) is 6.74. The van der Waals surface area contributed by atoms with E-state index in [1.54, 1.807) is 0 Å². The molecule has 2 aliphatic rings. The predicted molar refractivity (Wildman–Crippen MR) is 73.2 cm³/mol. The number of rotatable bonds is 3. The first-order valence-corrected chi connectivity index (χ1v) is 7.28. The summed E-state index contributed by atoms with van der Waals surface area (Å²) < 4.78 is 0. The molecule has 1 aliphatic heterocycles. The number of carbonyl (C=O) groups excluding carboxylic acids is 1. The lowest BCUT2D eigenvalue weighted by Crippen LogP contribution is -2.51. The smallest absolute Gasteiger partial charge is 0.227 e. The number of likely N-dealkylation sites (N-methyl/N-ethyl adjacent to an activating group) is 1. The largest absolute Gasteiger partial charge is 0.354 e. The van der Waals surface area contributed by atoms with Gasteiger partial charge in [-0.1, -0.05) is 12.8 Å². The van der Waals surface area contributed by atoms with Gasteiger partial charge in [-0.3, -0.25) is 4.79 Å². The lowest BCUT2D eigenvalue weighted by atomic mass is 9.84. The highest BCUT2D eigenvalue weighted by Crippen LogP contribution is 2.36. The fraction of sp³-hybridized carbons (Fsp3) is 0.929. The molecule has 1 aliphatic carbocycles. The molecule has 0 aromatic carbocycles. The van der Waals surface area contributed by atoms with Crippen molar-refractivity contribution in [2.75, 3.05) is 20.1 Å². The molecule has 4 heteroatoms. The zero-order valence-corrected chi connectivity index (χ0v) is 11.7. The Bertz CT molecular complexity index is 307. The van der Waals surface area contributed by atoms with Crippen molar-refractivity contribution in [3.05, 3.63) is 0 Å². The van der Waals surface area contributed by atoms with E-state index in [-0.39, 0.29) is 17.4 Å². The van der Waals surface area contributed by atoms with Crippen LogP contribution in [0.25, 0.3) is 0 Å². The Morgan fingerprint density at radius 2 is 2.17 bits per heavy atom. The van der Waals surface area contributed by atoms with Gasteiger partial charge in [-0.15, -0.1) is 0 Å². The summed E-state index contributed by atoms with van der Waals surface area (Å²) in [5.74, 6) is 0.159. The van der Waals surface area contributed by atoms with Crippen molar-refractivity contribution in [3.8, 4) is 0 Å². The van der Waals surface area contributed by atoms with E-state index in [0.29, 0.717) is 6.04 Å². The molecule has 1 amide bonds. The average molecular weight is 253 g/mol. The summed E-state index contributed by atoms with van der Waals surface area (Å²) in [5, 5.41) is 3.14. The topological polar surface area (TPSA) is 58.4 Å². The molecule has 1 saturated carbocycles. The minimum absolute atomic E-state index is 0.0292. The van der Waals surface area contributed by atoms with Gasteiger partial charge in [0.1, 0.15) is 0 Å². The Kier molecular flexibility index (Phi) is 4.28. The molecule has 3 N–H and O–H groups in total. The van der Waals surface area contributed by atoms with Gasteiger partial charge in [-0.25, -0.2) is 0 Å². The van der Waals surface area contributed by atoms with Gasteiger partial charge in [-0.05, 0) is 46.2 Å². The van der Waals surface area contributed by atoms with Gasteiger partial charge >= 0.3 is 0 Å². The van der Waals surface area contributed by atoms with Crippen LogP contribution in [0.5, 0.6) is 0 Å². The fourth-order valence-corrected chi connectivity index (χ4v) is 3.29. The number of carbonyl (C=O) groups is 1. The van der Waals surface area contributed by atoms with Crippen LogP contribution < -0.4 is 11.1 Å². The second kappa shape index (κ2) is 5.57. The third kappa shape index (κ3) is 2.69. The van der Waals surface area contributed by atoms with Gasteiger partial charge in [0.15, 0.2) is 0 Å². The minimum atomic E-state index is -0.340. The van der Waals surface area contributed by atoms with Crippen LogP contribution in [0.3, 0.4) is 0 Å². The third-order valence-corrected chi connectivity index (χ3v) is 4.97. The first-order chi connectivity index (χ1) is 8.54. The molecular formula is C14H27N3O. The molecule has 1 heterocycles. The van der Waals surface area contributed by atoms with E-state index in [1.165, 1.54) is 19.3 Å². The summed E-state index contributed by atoms with van der Waals surface area (Å²) >= 11 is 0. The molecule has 1 saturated heterocycles. The normalized spacial score (nSPS) is 37.7. The van der Waals surface area contributed by atoms with Gasteiger partial charge in [0.25, 0.3) is 0 Å². The molecule has 3 atom stereocenters. The summed E-state index contributed by atoms with van der Waals surface area (Å²) in [5.41, 5.74) is 5.74. The van der Waals surface area contributed by atoms with Crippen LogP contribution in [0.2, 0.25) is 0 Å². The van der Waals surface area contributed by atoms with Crippen molar-refractivity contribution < 1.29 is 4.79 Å². The Morgan fingerprint density at radius 3 is 2.78 bits per heavy atom. The zero-order chi connectivity index (χ0) is 13.2. The molecule has 2 rings (SSSR count). The van der Waals surface area contributed by atoms with Gasteiger partial charge in [0.2, 0.25) is 5.91 Å². The van der Waals surface area contributed by atoms with E-state index in [4.69, 9.17) is 5.73 Å². The molecule has 18 heavy (non-hydrogen) atoms. The quantitative estimate of drug-likeness (QED) is 0.792. The first-order valence-electron chi connectivity index (χ1n) is 7.28. The summed E-state index contributed by atoms with van der Waals surface area (Å²) in [6.45, 7) is 3.94. The number of nitrogens with zero attached hydrogens (tertiary/aromatic N) is 1. The molecule has 0 bridgehead atoms. The number of amides is 1. The van der Waals surface area contributed by atoms with Crippen molar-refractivity contribution in [2.45, 2.75) is 57.5 Å². The van der Waals surface area contributed by atoms with Gasteiger partial charge in [0.05, 0.1) is 5.41 Å². The highest BCUT2D eigenvalue weighted by atomic mass is 16.2. The maximum absolute atomic E-state index is 12.3. The van der Waals surface area contributed by atoms with Crippen LogP contribution in [-0.2, 0) is 4.79 Å². The SMILES string of the molecule is CN1CCCCC1CNC(=O)C1(C)CCCC1N. The van der Waals surface area contributed by atoms with E-state index in [9.17, 15) is 4.79 Å². The van der Waals surface area contributed by atoms with Crippen LogP contribution in [0, 0.1) is 5.41 Å². The number of piperidine rings is 1. The standard InChI is InChI=1S/C14H27N3O/c1-14(8-5-7-12(14)15)13(18)16-10-11-6-3-4-9-17(11)2/h11-12H,3-10,15H2,1-2H3,(H,16,18). The number of likely N-dealkylation sites (tertiary alicyclic amines) is 1. The molecule has 104 valence electrons.